The Hall–Kier alpha value is -0.0800. The molecule has 0 bridgehead atoms. The first kappa shape index (κ1) is 12.4. The van der Waals surface area contributed by atoms with E-state index in [2.05, 4.69) is 18.7 Å². The summed E-state index contributed by atoms with van der Waals surface area (Å²) in [7, 11) is 0. The van der Waals surface area contributed by atoms with Crippen LogP contribution < -0.4 is 5.73 Å². The maximum Gasteiger partial charge on any atom is 0.0252 e. The fourth-order valence-corrected chi connectivity index (χ4v) is 3.74. The molecule has 0 aromatic heterocycles. The maximum atomic E-state index is 6.35. The van der Waals surface area contributed by atoms with Gasteiger partial charge < -0.3 is 5.73 Å². The standard InChI is InChI=1S/C14H28N2/c1-3-11-7-8-13(15)14(10-11)16-9-5-6-12(16)4-2/h11-14H,3-10,15H2,1-2H3. The van der Waals surface area contributed by atoms with Crippen LogP contribution in [0, 0.1) is 5.92 Å². The molecule has 94 valence electrons. The summed E-state index contributed by atoms with van der Waals surface area (Å²) < 4.78 is 0. The van der Waals surface area contributed by atoms with E-state index in [9.17, 15) is 0 Å². The summed E-state index contributed by atoms with van der Waals surface area (Å²) in [5.74, 6) is 0.933. The van der Waals surface area contributed by atoms with Crippen LogP contribution in [0.25, 0.3) is 0 Å². The molecule has 0 aromatic carbocycles. The van der Waals surface area contributed by atoms with Gasteiger partial charge in [0.25, 0.3) is 0 Å². The second-order valence-corrected chi connectivity index (χ2v) is 5.76. The second kappa shape index (κ2) is 5.50. The van der Waals surface area contributed by atoms with E-state index in [0.717, 1.165) is 12.0 Å². The molecule has 0 radical (unpaired) electrons. The molecule has 2 fully saturated rings. The van der Waals surface area contributed by atoms with Crippen molar-refractivity contribution in [3.63, 3.8) is 0 Å². The van der Waals surface area contributed by atoms with Crippen molar-refractivity contribution in [1.29, 1.82) is 0 Å². The van der Waals surface area contributed by atoms with Crippen LogP contribution in [0.5, 0.6) is 0 Å². The minimum absolute atomic E-state index is 0.440. The molecule has 4 atom stereocenters. The molecule has 2 N–H and O–H groups in total. The van der Waals surface area contributed by atoms with Crippen molar-refractivity contribution in [2.75, 3.05) is 6.54 Å². The molecule has 1 aliphatic carbocycles. The minimum Gasteiger partial charge on any atom is -0.326 e. The van der Waals surface area contributed by atoms with Crippen LogP contribution in [0.2, 0.25) is 0 Å². The van der Waals surface area contributed by atoms with Gasteiger partial charge in [-0.2, -0.15) is 0 Å². The van der Waals surface area contributed by atoms with Gasteiger partial charge in [0.1, 0.15) is 0 Å². The summed E-state index contributed by atoms with van der Waals surface area (Å²) in [5.41, 5.74) is 6.35. The van der Waals surface area contributed by atoms with Crippen LogP contribution in [0.4, 0.5) is 0 Å². The van der Waals surface area contributed by atoms with Crippen LogP contribution in [-0.4, -0.2) is 29.6 Å². The Morgan fingerprint density at radius 3 is 2.62 bits per heavy atom. The van der Waals surface area contributed by atoms with Crippen LogP contribution in [0.1, 0.15) is 58.8 Å². The van der Waals surface area contributed by atoms with E-state index in [4.69, 9.17) is 5.73 Å². The Kier molecular flexibility index (Phi) is 4.26. The van der Waals surface area contributed by atoms with Gasteiger partial charge in [-0.05, 0) is 51.0 Å². The molecule has 1 saturated carbocycles. The topological polar surface area (TPSA) is 29.3 Å². The number of rotatable bonds is 3. The lowest BCUT2D eigenvalue weighted by Gasteiger charge is -2.42. The molecule has 0 aromatic rings. The molecule has 4 unspecified atom stereocenters. The van der Waals surface area contributed by atoms with E-state index in [-0.39, 0.29) is 0 Å². The van der Waals surface area contributed by atoms with E-state index in [1.807, 2.05) is 0 Å². The molecule has 0 spiro atoms. The van der Waals surface area contributed by atoms with Crippen molar-refractivity contribution in [3.05, 3.63) is 0 Å². The van der Waals surface area contributed by atoms with E-state index in [1.54, 1.807) is 0 Å². The molecule has 2 aliphatic rings. The van der Waals surface area contributed by atoms with Gasteiger partial charge in [-0.3, -0.25) is 4.90 Å². The number of hydrogen-bond acceptors (Lipinski definition) is 2. The first-order valence-corrected chi connectivity index (χ1v) is 7.27. The smallest absolute Gasteiger partial charge is 0.0252 e. The zero-order valence-electron chi connectivity index (χ0n) is 11.0. The average Bonchev–Trinajstić information content (AvgIpc) is 2.77. The lowest BCUT2D eigenvalue weighted by atomic mass is 9.80. The molecule has 1 saturated heterocycles. The van der Waals surface area contributed by atoms with Crippen molar-refractivity contribution in [3.8, 4) is 0 Å². The van der Waals surface area contributed by atoms with Crippen LogP contribution in [0.3, 0.4) is 0 Å². The monoisotopic (exact) mass is 224 g/mol. The molecule has 1 aliphatic heterocycles. The molecule has 0 amide bonds. The summed E-state index contributed by atoms with van der Waals surface area (Å²) in [6.07, 6.45) is 9.39. The Balaban J connectivity index is 2.00. The van der Waals surface area contributed by atoms with Crippen molar-refractivity contribution >= 4 is 0 Å². The highest BCUT2D eigenvalue weighted by atomic mass is 15.2. The van der Waals surface area contributed by atoms with Crippen LogP contribution in [-0.2, 0) is 0 Å². The fraction of sp³-hybridized carbons (Fsp3) is 1.00. The van der Waals surface area contributed by atoms with Crippen molar-refractivity contribution in [1.82, 2.24) is 4.90 Å². The molecule has 2 rings (SSSR count). The predicted molar refractivity (Wildman–Crippen MR) is 69.4 cm³/mol. The highest BCUT2D eigenvalue weighted by Gasteiger charge is 2.36. The maximum absolute atomic E-state index is 6.35. The van der Waals surface area contributed by atoms with Crippen molar-refractivity contribution in [2.24, 2.45) is 11.7 Å². The van der Waals surface area contributed by atoms with Gasteiger partial charge >= 0.3 is 0 Å². The third-order valence-electron chi connectivity index (χ3n) is 4.87. The predicted octanol–water partition coefficient (Wildman–Crippen LogP) is 2.77. The van der Waals surface area contributed by atoms with E-state index < -0.39 is 0 Å². The lowest BCUT2D eigenvalue weighted by molar-refractivity contribution is 0.0971. The summed E-state index contributed by atoms with van der Waals surface area (Å²) in [4.78, 5) is 2.74. The first-order chi connectivity index (χ1) is 7.76. The normalized spacial score (nSPS) is 41.4. The Labute approximate surface area is 101 Å². The summed E-state index contributed by atoms with van der Waals surface area (Å²) >= 11 is 0. The number of nitrogens with two attached hydrogens (primary N) is 1. The van der Waals surface area contributed by atoms with Gasteiger partial charge in [-0.25, -0.2) is 0 Å². The highest BCUT2D eigenvalue weighted by Crippen LogP contribution is 2.33. The zero-order valence-corrected chi connectivity index (χ0v) is 11.0. The molecule has 16 heavy (non-hydrogen) atoms. The Morgan fingerprint density at radius 2 is 1.94 bits per heavy atom. The molecule has 2 nitrogen and oxygen atoms in total. The third kappa shape index (κ3) is 2.43. The van der Waals surface area contributed by atoms with Crippen LogP contribution >= 0.6 is 0 Å². The molecule has 1 heterocycles. The van der Waals surface area contributed by atoms with Gasteiger partial charge in [0.15, 0.2) is 0 Å². The summed E-state index contributed by atoms with van der Waals surface area (Å²) in [5, 5.41) is 0. The SMILES string of the molecule is CCC1CCC(N)C(N2CCCC2CC)C1. The summed E-state index contributed by atoms with van der Waals surface area (Å²) in [6, 6.07) is 1.95. The number of nitrogens with zero attached hydrogens (tertiary/aromatic N) is 1. The van der Waals surface area contributed by atoms with Gasteiger partial charge in [0, 0.05) is 18.1 Å². The van der Waals surface area contributed by atoms with Crippen molar-refractivity contribution in [2.45, 2.75) is 76.9 Å². The summed E-state index contributed by atoms with van der Waals surface area (Å²) in [6.45, 7) is 5.96. The molecule has 2 heteroatoms. The lowest BCUT2D eigenvalue weighted by Crippen LogP contribution is -2.52. The average molecular weight is 224 g/mol. The van der Waals surface area contributed by atoms with E-state index >= 15 is 0 Å². The highest BCUT2D eigenvalue weighted by molar-refractivity contribution is 4.93. The van der Waals surface area contributed by atoms with Gasteiger partial charge in [-0.15, -0.1) is 0 Å². The quantitative estimate of drug-likeness (QED) is 0.798. The Morgan fingerprint density at radius 1 is 1.12 bits per heavy atom. The Bertz CT molecular complexity index is 217. The fourth-order valence-electron chi connectivity index (χ4n) is 3.74. The van der Waals surface area contributed by atoms with Gasteiger partial charge in [0.2, 0.25) is 0 Å². The molecular formula is C14H28N2. The largest absolute Gasteiger partial charge is 0.326 e. The molecular weight excluding hydrogens is 196 g/mol. The van der Waals surface area contributed by atoms with Gasteiger partial charge in [-0.1, -0.05) is 20.3 Å². The minimum atomic E-state index is 0.440. The third-order valence-corrected chi connectivity index (χ3v) is 4.87. The van der Waals surface area contributed by atoms with E-state index in [1.165, 1.54) is 51.5 Å². The zero-order chi connectivity index (χ0) is 11.5. The van der Waals surface area contributed by atoms with Crippen molar-refractivity contribution < 1.29 is 0 Å². The number of hydrogen-bond donors (Lipinski definition) is 1. The van der Waals surface area contributed by atoms with Crippen LogP contribution in [0.15, 0.2) is 0 Å². The van der Waals surface area contributed by atoms with E-state index in [0.29, 0.717) is 12.1 Å². The first-order valence-electron chi connectivity index (χ1n) is 7.27. The van der Waals surface area contributed by atoms with Gasteiger partial charge in [0.05, 0.1) is 0 Å². The number of likely N-dealkylation sites (tertiary alicyclic amines) is 1. The second-order valence-electron chi connectivity index (χ2n) is 5.76.